The van der Waals surface area contributed by atoms with Gasteiger partial charge in [-0.25, -0.2) is 4.79 Å². The summed E-state index contributed by atoms with van der Waals surface area (Å²) >= 11 is 0. The van der Waals surface area contributed by atoms with Crippen molar-refractivity contribution in [1.29, 1.82) is 0 Å². The van der Waals surface area contributed by atoms with E-state index >= 15 is 0 Å². The lowest BCUT2D eigenvalue weighted by molar-refractivity contribution is -0.149. The molecule has 0 aliphatic carbocycles. The number of carbonyl (C=O) groups excluding carboxylic acids is 3. The molecule has 0 heterocycles. The Hall–Kier alpha value is -2.37. The molecule has 6 heteroatoms. The third-order valence-corrected chi connectivity index (χ3v) is 3.70. The van der Waals surface area contributed by atoms with Crippen molar-refractivity contribution in [2.75, 3.05) is 0 Å². The van der Waals surface area contributed by atoms with E-state index in [1.165, 1.54) is 0 Å². The van der Waals surface area contributed by atoms with Crippen LogP contribution in [-0.2, 0) is 25.7 Å². The van der Waals surface area contributed by atoms with Gasteiger partial charge in [0.05, 0.1) is 0 Å². The van der Waals surface area contributed by atoms with Gasteiger partial charge < -0.3 is 15.4 Å². The number of esters is 1. The lowest BCUT2D eigenvalue weighted by atomic mass is 10.0. The third kappa shape index (κ3) is 8.65. The number of nitrogens with one attached hydrogen (secondary N) is 2. The zero-order valence-corrected chi connectivity index (χ0v) is 16.3. The normalized spacial score (nSPS) is 13.4. The molecule has 0 aromatic heterocycles. The molecule has 2 atom stereocenters. The predicted octanol–water partition coefficient (Wildman–Crippen LogP) is 2.57. The quantitative estimate of drug-likeness (QED) is 0.696. The zero-order valence-electron chi connectivity index (χ0n) is 16.3. The van der Waals surface area contributed by atoms with Gasteiger partial charge in [-0.1, -0.05) is 37.3 Å². The molecule has 1 aromatic rings. The lowest BCUT2D eigenvalue weighted by Gasteiger charge is -2.21. The zero-order chi connectivity index (χ0) is 19.7. The summed E-state index contributed by atoms with van der Waals surface area (Å²) in [5.41, 5.74) is 0.595. The van der Waals surface area contributed by atoms with Crippen molar-refractivity contribution in [3.63, 3.8) is 0 Å². The summed E-state index contributed by atoms with van der Waals surface area (Å²) in [4.78, 5) is 36.0. The molecule has 1 rings (SSSR count). The SMILES string of the molecule is C[C@H](NC(=O)[C@@H](C)CCC(=O)NC(C)(C)C)C(=O)OCc1ccccc1. The molecular weight excluding hydrogens is 332 g/mol. The Morgan fingerprint density at radius 2 is 1.69 bits per heavy atom. The Kier molecular flexibility index (Phi) is 8.29. The maximum Gasteiger partial charge on any atom is 0.328 e. The Morgan fingerprint density at radius 3 is 2.27 bits per heavy atom. The number of amides is 2. The van der Waals surface area contributed by atoms with Crippen LogP contribution in [0.15, 0.2) is 30.3 Å². The molecular formula is C20H30N2O4. The second-order valence-electron chi connectivity index (χ2n) is 7.56. The summed E-state index contributed by atoms with van der Waals surface area (Å²) in [6, 6.07) is 8.61. The van der Waals surface area contributed by atoms with Gasteiger partial charge >= 0.3 is 5.97 Å². The van der Waals surface area contributed by atoms with Crippen LogP contribution in [-0.4, -0.2) is 29.4 Å². The van der Waals surface area contributed by atoms with Crippen LogP contribution in [0.1, 0.15) is 53.0 Å². The van der Waals surface area contributed by atoms with E-state index in [0.29, 0.717) is 6.42 Å². The summed E-state index contributed by atoms with van der Waals surface area (Å²) < 4.78 is 5.21. The Bertz CT molecular complexity index is 608. The number of rotatable bonds is 8. The Balaban J connectivity index is 2.35. The van der Waals surface area contributed by atoms with E-state index in [2.05, 4.69) is 10.6 Å². The molecule has 0 bridgehead atoms. The monoisotopic (exact) mass is 362 g/mol. The average Bonchev–Trinajstić information content (AvgIpc) is 2.56. The molecule has 144 valence electrons. The second kappa shape index (κ2) is 9.94. The standard InChI is InChI=1S/C20H30N2O4/c1-14(11-12-17(23)22-20(3,4)5)18(24)21-15(2)19(25)26-13-16-9-7-6-8-10-16/h6-10,14-15H,11-13H2,1-5H3,(H,21,24)(H,22,23)/t14-,15-/m0/s1. The van der Waals surface area contributed by atoms with Gasteiger partial charge in [-0.05, 0) is 39.7 Å². The largest absolute Gasteiger partial charge is 0.459 e. The number of hydrogen-bond donors (Lipinski definition) is 2. The summed E-state index contributed by atoms with van der Waals surface area (Å²) in [5, 5.41) is 5.50. The first-order chi connectivity index (χ1) is 12.1. The van der Waals surface area contributed by atoms with Crippen LogP contribution < -0.4 is 10.6 Å². The van der Waals surface area contributed by atoms with E-state index in [0.717, 1.165) is 5.56 Å². The highest BCUT2D eigenvalue weighted by Crippen LogP contribution is 2.09. The minimum Gasteiger partial charge on any atom is -0.459 e. The minimum atomic E-state index is -0.739. The van der Waals surface area contributed by atoms with Gasteiger partial charge in [0.25, 0.3) is 0 Å². The van der Waals surface area contributed by atoms with E-state index in [1.807, 2.05) is 51.1 Å². The van der Waals surface area contributed by atoms with Crippen molar-refractivity contribution in [2.24, 2.45) is 5.92 Å². The highest BCUT2D eigenvalue weighted by atomic mass is 16.5. The maximum absolute atomic E-state index is 12.2. The molecule has 0 saturated heterocycles. The molecule has 0 unspecified atom stereocenters. The van der Waals surface area contributed by atoms with Gasteiger partial charge in [0.2, 0.25) is 11.8 Å². The second-order valence-corrected chi connectivity index (χ2v) is 7.56. The van der Waals surface area contributed by atoms with E-state index in [4.69, 9.17) is 4.74 Å². The topological polar surface area (TPSA) is 84.5 Å². The summed E-state index contributed by atoms with van der Waals surface area (Å²) in [6.45, 7) is 9.21. The molecule has 2 amide bonds. The molecule has 2 N–H and O–H groups in total. The lowest BCUT2D eigenvalue weighted by Crippen LogP contribution is -2.43. The summed E-state index contributed by atoms with van der Waals surface area (Å²) in [6.07, 6.45) is 0.679. The fourth-order valence-electron chi connectivity index (χ4n) is 2.23. The molecule has 0 saturated carbocycles. The van der Waals surface area contributed by atoms with Crippen molar-refractivity contribution in [3.05, 3.63) is 35.9 Å². The fraction of sp³-hybridized carbons (Fsp3) is 0.550. The maximum atomic E-state index is 12.2. The first-order valence-corrected chi connectivity index (χ1v) is 8.90. The van der Waals surface area contributed by atoms with E-state index < -0.39 is 12.0 Å². The van der Waals surface area contributed by atoms with Crippen LogP contribution in [0.25, 0.3) is 0 Å². The first kappa shape index (κ1) is 21.7. The number of carbonyl (C=O) groups is 3. The van der Waals surface area contributed by atoms with Crippen LogP contribution in [0.2, 0.25) is 0 Å². The highest BCUT2D eigenvalue weighted by molar-refractivity contribution is 5.85. The van der Waals surface area contributed by atoms with Crippen LogP contribution in [0, 0.1) is 5.92 Å². The molecule has 26 heavy (non-hydrogen) atoms. The number of hydrogen-bond acceptors (Lipinski definition) is 4. The van der Waals surface area contributed by atoms with Crippen LogP contribution >= 0.6 is 0 Å². The van der Waals surface area contributed by atoms with Crippen molar-refractivity contribution in [2.45, 2.75) is 65.6 Å². The predicted molar refractivity (Wildman–Crippen MR) is 100 cm³/mol. The Morgan fingerprint density at radius 1 is 1.08 bits per heavy atom. The first-order valence-electron chi connectivity index (χ1n) is 8.90. The Labute approximate surface area is 155 Å². The minimum absolute atomic E-state index is 0.0903. The van der Waals surface area contributed by atoms with E-state index in [-0.39, 0.29) is 36.3 Å². The van der Waals surface area contributed by atoms with Crippen LogP contribution in [0.5, 0.6) is 0 Å². The van der Waals surface area contributed by atoms with Crippen LogP contribution in [0.3, 0.4) is 0 Å². The number of benzene rings is 1. The fourth-order valence-corrected chi connectivity index (χ4v) is 2.23. The van der Waals surface area contributed by atoms with Gasteiger partial charge in [-0.3, -0.25) is 9.59 Å². The van der Waals surface area contributed by atoms with Crippen molar-refractivity contribution in [1.82, 2.24) is 10.6 Å². The molecule has 0 aliphatic heterocycles. The summed E-state index contributed by atoms with van der Waals surface area (Å²) in [5.74, 6) is -1.21. The van der Waals surface area contributed by atoms with Gasteiger partial charge in [0.1, 0.15) is 12.6 Å². The van der Waals surface area contributed by atoms with E-state index in [9.17, 15) is 14.4 Å². The smallest absolute Gasteiger partial charge is 0.328 e. The molecule has 0 aliphatic rings. The van der Waals surface area contributed by atoms with Crippen LogP contribution in [0.4, 0.5) is 0 Å². The third-order valence-electron chi connectivity index (χ3n) is 3.70. The van der Waals surface area contributed by atoms with Crippen molar-refractivity contribution < 1.29 is 19.1 Å². The van der Waals surface area contributed by atoms with Gasteiger partial charge in [0, 0.05) is 17.9 Å². The summed E-state index contributed by atoms with van der Waals surface area (Å²) in [7, 11) is 0. The van der Waals surface area contributed by atoms with Crippen molar-refractivity contribution in [3.8, 4) is 0 Å². The average molecular weight is 362 g/mol. The highest BCUT2D eigenvalue weighted by Gasteiger charge is 2.22. The molecule has 0 spiro atoms. The molecule has 0 fully saturated rings. The van der Waals surface area contributed by atoms with Gasteiger partial charge in [-0.2, -0.15) is 0 Å². The van der Waals surface area contributed by atoms with Gasteiger partial charge in [0.15, 0.2) is 0 Å². The molecule has 1 aromatic carbocycles. The molecule has 6 nitrogen and oxygen atoms in total. The number of ether oxygens (including phenoxy) is 1. The van der Waals surface area contributed by atoms with Gasteiger partial charge in [-0.15, -0.1) is 0 Å². The molecule has 0 radical (unpaired) electrons. The van der Waals surface area contributed by atoms with Crippen molar-refractivity contribution >= 4 is 17.8 Å². The van der Waals surface area contributed by atoms with E-state index in [1.54, 1.807) is 13.8 Å².